The summed E-state index contributed by atoms with van der Waals surface area (Å²) in [5, 5.41) is 6.07. The topological polar surface area (TPSA) is 38.7 Å². The highest BCUT2D eigenvalue weighted by molar-refractivity contribution is 7.26. The second-order valence-corrected chi connectivity index (χ2v) is 15.5. The minimum atomic E-state index is 0.673. The highest BCUT2D eigenvalue weighted by Gasteiger charge is 2.18. The summed E-state index contributed by atoms with van der Waals surface area (Å²) >= 11 is 1.80. The van der Waals surface area contributed by atoms with E-state index in [2.05, 4.69) is 188 Å². The molecular weight excluding hydrogens is 711 g/mol. The first-order valence-corrected chi connectivity index (χ1v) is 20.0. The zero-order valence-electron chi connectivity index (χ0n) is 30.8. The van der Waals surface area contributed by atoms with Crippen LogP contribution in [0.1, 0.15) is 0 Å². The van der Waals surface area contributed by atoms with E-state index in [1.807, 2.05) is 12.3 Å². The molecule has 266 valence electrons. The lowest BCUT2D eigenvalue weighted by molar-refractivity contribution is 1.18. The van der Waals surface area contributed by atoms with Gasteiger partial charge in [-0.3, -0.25) is 4.98 Å². The van der Waals surface area contributed by atoms with Crippen LogP contribution in [0.2, 0.25) is 0 Å². The summed E-state index contributed by atoms with van der Waals surface area (Å²) in [6.07, 6.45) is 1.94. The van der Waals surface area contributed by atoms with Crippen LogP contribution in [0.15, 0.2) is 200 Å². The maximum atomic E-state index is 5.39. The summed E-state index contributed by atoms with van der Waals surface area (Å²) in [6.45, 7) is 0. The number of hydrogen-bond acceptors (Lipinski definition) is 4. The number of benzene rings is 8. The summed E-state index contributed by atoms with van der Waals surface area (Å²) < 4.78 is 2.40. The van der Waals surface area contributed by atoms with Gasteiger partial charge in [0.2, 0.25) is 0 Å². The molecule has 0 saturated heterocycles. The Morgan fingerprint density at radius 2 is 0.930 bits per heavy atom. The molecule has 11 aromatic rings. The number of hydrogen-bond donors (Lipinski definition) is 0. The van der Waals surface area contributed by atoms with Gasteiger partial charge in [-0.2, -0.15) is 0 Å². The van der Waals surface area contributed by atoms with Gasteiger partial charge in [-0.25, -0.2) is 9.97 Å². The Hall–Kier alpha value is -7.27. The largest absolute Gasteiger partial charge is 0.255 e. The van der Waals surface area contributed by atoms with E-state index in [1.54, 1.807) is 11.3 Å². The van der Waals surface area contributed by atoms with Crippen molar-refractivity contribution in [3.05, 3.63) is 200 Å². The summed E-state index contributed by atoms with van der Waals surface area (Å²) in [5.41, 5.74) is 12.6. The molecule has 0 unspecified atom stereocenters. The van der Waals surface area contributed by atoms with E-state index in [0.717, 1.165) is 55.8 Å². The van der Waals surface area contributed by atoms with Crippen LogP contribution in [0.4, 0.5) is 0 Å². The molecule has 57 heavy (non-hydrogen) atoms. The predicted molar refractivity (Wildman–Crippen MR) is 240 cm³/mol. The van der Waals surface area contributed by atoms with Crippen LogP contribution in [-0.2, 0) is 0 Å². The fourth-order valence-electron chi connectivity index (χ4n) is 8.16. The molecule has 0 aliphatic carbocycles. The molecule has 3 aromatic heterocycles. The Labute approximate surface area is 334 Å². The van der Waals surface area contributed by atoms with Gasteiger partial charge in [-0.05, 0) is 97.9 Å². The molecule has 0 spiro atoms. The molecule has 8 aromatic carbocycles. The average molecular weight is 744 g/mol. The number of pyridine rings is 1. The minimum absolute atomic E-state index is 0.673. The highest BCUT2D eigenvalue weighted by Crippen LogP contribution is 2.43. The molecule has 0 N–H and O–H groups in total. The van der Waals surface area contributed by atoms with Crippen molar-refractivity contribution < 1.29 is 0 Å². The van der Waals surface area contributed by atoms with Crippen molar-refractivity contribution in [2.75, 3.05) is 0 Å². The lowest BCUT2D eigenvalue weighted by Gasteiger charge is -2.15. The van der Waals surface area contributed by atoms with Gasteiger partial charge in [0.25, 0.3) is 0 Å². The van der Waals surface area contributed by atoms with Gasteiger partial charge in [0.15, 0.2) is 5.82 Å². The normalized spacial score (nSPS) is 11.5. The van der Waals surface area contributed by atoms with Crippen LogP contribution < -0.4 is 0 Å². The second-order valence-electron chi connectivity index (χ2n) is 14.4. The van der Waals surface area contributed by atoms with Gasteiger partial charge in [-0.1, -0.05) is 146 Å². The Kier molecular flexibility index (Phi) is 8.01. The zero-order chi connectivity index (χ0) is 37.7. The molecular formula is C53H33N3S. The van der Waals surface area contributed by atoms with Crippen molar-refractivity contribution in [1.82, 2.24) is 15.0 Å². The summed E-state index contributed by atoms with van der Waals surface area (Å²) in [5.74, 6) is 0.673. The van der Waals surface area contributed by atoms with Gasteiger partial charge in [-0.15, -0.1) is 11.3 Å². The fourth-order valence-corrected chi connectivity index (χ4v) is 9.36. The number of thiophene rings is 1. The van der Waals surface area contributed by atoms with Crippen molar-refractivity contribution in [1.29, 1.82) is 0 Å². The number of fused-ring (bicyclic) bond motifs is 6. The van der Waals surface area contributed by atoms with Gasteiger partial charge < -0.3 is 0 Å². The van der Waals surface area contributed by atoms with E-state index < -0.39 is 0 Å². The third-order valence-corrected chi connectivity index (χ3v) is 12.1. The average Bonchev–Trinajstić information content (AvgIpc) is 3.68. The smallest absolute Gasteiger partial charge is 0.160 e. The van der Waals surface area contributed by atoms with Crippen molar-refractivity contribution in [2.24, 2.45) is 0 Å². The van der Waals surface area contributed by atoms with E-state index in [0.29, 0.717) is 5.82 Å². The maximum absolute atomic E-state index is 5.39. The van der Waals surface area contributed by atoms with Crippen molar-refractivity contribution in [3.63, 3.8) is 0 Å². The second kappa shape index (κ2) is 13.8. The SMILES string of the molecule is c1ccc(-c2cccc(-c3cc(-c4ccccc4)nc(-c4cc(-c5cc6ccccc6c6ccccc56)cc(-c5ccnc6c5sc5ccccc56)c4)n3)c2)cc1. The first-order valence-electron chi connectivity index (χ1n) is 19.2. The summed E-state index contributed by atoms with van der Waals surface area (Å²) in [4.78, 5) is 15.6. The molecule has 0 aliphatic rings. The van der Waals surface area contributed by atoms with Crippen LogP contribution in [0, 0.1) is 0 Å². The molecule has 4 heteroatoms. The molecule has 3 heterocycles. The van der Waals surface area contributed by atoms with Crippen LogP contribution in [0.25, 0.3) is 109 Å². The maximum Gasteiger partial charge on any atom is 0.160 e. The third kappa shape index (κ3) is 5.95. The van der Waals surface area contributed by atoms with Crippen LogP contribution in [0.3, 0.4) is 0 Å². The molecule has 0 saturated carbocycles. The Morgan fingerprint density at radius 1 is 0.351 bits per heavy atom. The molecule has 11 rings (SSSR count). The number of nitrogens with zero attached hydrogens (tertiary/aromatic N) is 3. The van der Waals surface area contributed by atoms with Crippen LogP contribution >= 0.6 is 11.3 Å². The van der Waals surface area contributed by atoms with Crippen molar-refractivity contribution in [3.8, 4) is 67.3 Å². The van der Waals surface area contributed by atoms with Gasteiger partial charge in [0.1, 0.15) is 0 Å². The van der Waals surface area contributed by atoms with E-state index in [-0.39, 0.29) is 0 Å². The Bertz CT molecular complexity index is 3300. The number of rotatable bonds is 6. The van der Waals surface area contributed by atoms with E-state index in [4.69, 9.17) is 15.0 Å². The standard InChI is InChI=1S/C53H33N3S/c1-3-14-34(15-4-1)36-19-13-20-38(28-36)49-33-48(35-16-5-2-6-17-35)55-53(56-49)41-30-39(43-26-27-54-51-46-24-11-12-25-50(46)57-52(43)51)29-40(31-41)47-32-37-18-7-8-21-42(37)44-22-9-10-23-45(44)47/h1-33H. The van der Waals surface area contributed by atoms with Gasteiger partial charge in [0.05, 0.1) is 21.6 Å². The first kappa shape index (κ1) is 33.1. The zero-order valence-corrected chi connectivity index (χ0v) is 31.6. The van der Waals surface area contributed by atoms with Crippen molar-refractivity contribution >= 4 is 53.2 Å². The molecule has 0 aliphatic heterocycles. The summed E-state index contributed by atoms with van der Waals surface area (Å²) in [7, 11) is 0. The number of aromatic nitrogens is 3. The quantitative estimate of drug-likeness (QED) is 0.159. The lowest BCUT2D eigenvalue weighted by atomic mass is 9.90. The first-order chi connectivity index (χ1) is 28.2. The summed E-state index contributed by atoms with van der Waals surface area (Å²) in [6, 6.07) is 69.0. The minimum Gasteiger partial charge on any atom is -0.255 e. The Morgan fingerprint density at radius 3 is 1.74 bits per heavy atom. The third-order valence-electron chi connectivity index (χ3n) is 10.9. The lowest BCUT2D eigenvalue weighted by Crippen LogP contribution is -1.97. The van der Waals surface area contributed by atoms with Gasteiger partial charge in [0, 0.05) is 38.5 Å². The van der Waals surface area contributed by atoms with Crippen LogP contribution in [0.5, 0.6) is 0 Å². The Balaban J connectivity index is 1.18. The van der Waals surface area contributed by atoms with Crippen molar-refractivity contribution in [2.45, 2.75) is 0 Å². The molecule has 0 radical (unpaired) electrons. The predicted octanol–water partition coefficient (Wildman–Crippen LogP) is 14.5. The molecule has 0 fully saturated rings. The highest BCUT2D eigenvalue weighted by atomic mass is 32.1. The van der Waals surface area contributed by atoms with E-state index in [9.17, 15) is 0 Å². The van der Waals surface area contributed by atoms with E-state index in [1.165, 1.54) is 47.5 Å². The molecule has 0 bridgehead atoms. The van der Waals surface area contributed by atoms with Gasteiger partial charge >= 0.3 is 0 Å². The molecule has 0 amide bonds. The fraction of sp³-hybridized carbons (Fsp3) is 0. The monoisotopic (exact) mass is 743 g/mol. The van der Waals surface area contributed by atoms with Crippen LogP contribution in [-0.4, -0.2) is 15.0 Å². The molecule has 3 nitrogen and oxygen atoms in total. The van der Waals surface area contributed by atoms with E-state index >= 15 is 0 Å². The molecule has 0 atom stereocenters.